The van der Waals surface area contributed by atoms with Gasteiger partial charge in [0.2, 0.25) is 0 Å². The average molecular weight is 203 g/mol. The maximum absolute atomic E-state index is 5.59. The first kappa shape index (κ1) is 9.71. The van der Waals surface area contributed by atoms with E-state index in [1.807, 2.05) is 12.1 Å². The van der Waals surface area contributed by atoms with E-state index in [1.54, 1.807) is 12.3 Å². The van der Waals surface area contributed by atoms with Crippen molar-refractivity contribution in [3.8, 4) is 11.3 Å². The Morgan fingerprint density at radius 3 is 2.73 bits per heavy atom. The Kier molecular flexibility index (Phi) is 2.41. The molecule has 0 aliphatic rings. The van der Waals surface area contributed by atoms with Crippen molar-refractivity contribution in [3.05, 3.63) is 30.2 Å². The topological polar surface area (TPSA) is 64.9 Å². The van der Waals surface area contributed by atoms with Gasteiger partial charge in [-0.05, 0) is 12.1 Å². The highest BCUT2D eigenvalue weighted by Gasteiger charge is 2.09. The standard InChI is InChI=1S/C11H13N3O/c1-7(2)10-6-9(14-15-10)8-3-4-13-11(12)5-8/h3-7H,1-2H3,(H2,12,13). The molecule has 0 atom stereocenters. The summed E-state index contributed by atoms with van der Waals surface area (Å²) in [5, 5.41) is 3.99. The van der Waals surface area contributed by atoms with Crippen molar-refractivity contribution < 1.29 is 4.52 Å². The molecule has 2 heterocycles. The molecule has 0 radical (unpaired) electrons. The van der Waals surface area contributed by atoms with Gasteiger partial charge >= 0.3 is 0 Å². The normalized spacial score (nSPS) is 10.9. The van der Waals surface area contributed by atoms with E-state index in [-0.39, 0.29) is 0 Å². The maximum Gasteiger partial charge on any atom is 0.139 e. The fourth-order valence-electron chi connectivity index (χ4n) is 1.31. The predicted molar refractivity (Wildman–Crippen MR) is 58.2 cm³/mol. The molecule has 0 aliphatic carbocycles. The van der Waals surface area contributed by atoms with Crippen LogP contribution in [-0.4, -0.2) is 10.1 Å². The van der Waals surface area contributed by atoms with E-state index in [9.17, 15) is 0 Å². The Hall–Kier alpha value is -1.84. The van der Waals surface area contributed by atoms with Crippen molar-refractivity contribution in [2.45, 2.75) is 19.8 Å². The minimum absolute atomic E-state index is 0.338. The lowest BCUT2D eigenvalue weighted by Gasteiger charge is -1.96. The van der Waals surface area contributed by atoms with Gasteiger partial charge in [0.05, 0.1) is 0 Å². The van der Waals surface area contributed by atoms with Crippen LogP contribution in [0.1, 0.15) is 25.5 Å². The van der Waals surface area contributed by atoms with Crippen LogP contribution in [0.3, 0.4) is 0 Å². The lowest BCUT2D eigenvalue weighted by atomic mass is 10.1. The second-order valence-corrected chi connectivity index (χ2v) is 3.74. The zero-order valence-corrected chi connectivity index (χ0v) is 8.77. The fraction of sp³-hybridized carbons (Fsp3) is 0.273. The highest BCUT2D eigenvalue weighted by Crippen LogP contribution is 2.23. The molecule has 15 heavy (non-hydrogen) atoms. The fourth-order valence-corrected chi connectivity index (χ4v) is 1.31. The second kappa shape index (κ2) is 3.73. The first-order valence-electron chi connectivity index (χ1n) is 4.85. The van der Waals surface area contributed by atoms with Crippen LogP contribution in [0.2, 0.25) is 0 Å². The van der Waals surface area contributed by atoms with Crippen LogP contribution in [0.25, 0.3) is 11.3 Å². The van der Waals surface area contributed by atoms with Crippen molar-refractivity contribution in [3.63, 3.8) is 0 Å². The van der Waals surface area contributed by atoms with E-state index in [0.29, 0.717) is 11.7 Å². The summed E-state index contributed by atoms with van der Waals surface area (Å²) in [5.41, 5.74) is 7.32. The van der Waals surface area contributed by atoms with Crippen molar-refractivity contribution in [1.82, 2.24) is 10.1 Å². The van der Waals surface area contributed by atoms with Gasteiger partial charge in [-0.2, -0.15) is 0 Å². The number of rotatable bonds is 2. The molecule has 0 spiro atoms. The van der Waals surface area contributed by atoms with Crippen LogP contribution in [0.5, 0.6) is 0 Å². The molecule has 0 fully saturated rings. The molecule has 0 saturated heterocycles. The minimum atomic E-state index is 0.338. The number of hydrogen-bond acceptors (Lipinski definition) is 4. The number of nitrogens with two attached hydrogens (primary N) is 1. The third-order valence-corrected chi connectivity index (χ3v) is 2.17. The number of hydrogen-bond donors (Lipinski definition) is 1. The SMILES string of the molecule is CC(C)c1cc(-c2ccnc(N)c2)no1. The van der Waals surface area contributed by atoms with Gasteiger partial charge in [-0.25, -0.2) is 4.98 Å². The van der Waals surface area contributed by atoms with Gasteiger partial charge in [0.1, 0.15) is 17.3 Å². The van der Waals surface area contributed by atoms with Crippen LogP contribution < -0.4 is 5.73 Å². The van der Waals surface area contributed by atoms with Gasteiger partial charge in [-0.3, -0.25) is 0 Å². The van der Waals surface area contributed by atoms with Gasteiger partial charge < -0.3 is 10.3 Å². The van der Waals surface area contributed by atoms with E-state index in [2.05, 4.69) is 24.0 Å². The van der Waals surface area contributed by atoms with Crippen LogP contribution in [0, 0.1) is 0 Å². The van der Waals surface area contributed by atoms with Crippen molar-refractivity contribution in [2.24, 2.45) is 0 Å². The monoisotopic (exact) mass is 203 g/mol. The summed E-state index contributed by atoms with van der Waals surface area (Å²) in [6, 6.07) is 5.57. The molecule has 0 saturated carbocycles. The Morgan fingerprint density at radius 2 is 2.13 bits per heavy atom. The molecule has 2 rings (SSSR count). The Morgan fingerprint density at radius 1 is 1.33 bits per heavy atom. The maximum atomic E-state index is 5.59. The molecule has 4 heteroatoms. The number of nitrogens with zero attached hydrogens (tertiary/aromatic N) is 2. The summed E-state index contributed by atoms with van der Waals surface area (Å²) in [4.78, 5) is 3.93. The smallest absolute Gasteiger partial charge is 0.139 e. The summed E-state index contributed by atoms with van der Waals surface area (Å²) in [7, 11) is 0. The average Bonchev–Trinajstić information content (AvgIpc) is 2.66. The Balaban J connectivity index is 2.37. The molecule has 0 amide bonds. The Bertz CT molecular complexity index is 462. The summed E-state index contributed by atoms with van der Waals surface area (Å²) < 4.78 is 5.21. The molecule has 0 unspecified atom stereocenters. The van der Waals surface area contributed by atoms with E-state index >= 15 is 0 Å². The summed E-state index contributed by atoms with van der Waals surface area (Å²) in [5.74, 6) is 1.70. The molecule has 0 aliphatic heterocycles. The van der Waals surface area contributed by atoms with Crippen LogP contribution in [0.15, 0.2) is 28.9 Å². The highest BCUT2D eigenvalue weighted by atomic mass is 16.5. The minimum Gasteiger partial charge on any atom is -0.384 e. The summed E-state index contributed by atoms with van der Waals surface area (Å²) in [6.45, 7) is 4.12. The van der Waals surface area contributed by atoms with E-state index in [0.717, 1.165) is 17.0 Å². The van der Waals surface area contributed by atoms with Gasteiger partial charge in [0, 0.05) is 23.7 Å². The van der Waals surface area contributed by atoms with Crippen molar-refractivity contribution in [2.75, 3.05) is 5.73 Å². The van der Waals surface area contributed by atoms with Crippen molar-refractivity contribution in [1.29, 1.82) is 0 Å². The number of aromatic nitrogens is 2. The van der Waals surface area contributed by atoms with Gasteiger partial charge in [0.25, 0.3) is 0 Å². The van der Waals surface area contributed by atoms with E-state index in [4.69, 9.17) is 10.3 Å². The molecule has 2 aromatic rings. The number of anilines is 1. The number of pyridine rings is 1. The molecular formula is C11H13N3O. The largest absolute Gasteiger partial charge is 0.384 e. The van der Waals surface area contributed by atoms with E-state index in [1.165, 1.54) is 0 Å². The van der Waals surface area contributed by atoms with Crippen LogP contribution in [0.4, 0.5) is 5.82 Å². The number of nitrogen functional groups attached to an aromatic ring is 1. The van der Waals surface area contributed by atoms with Crippen molar-refractivity contribution >= 4 is 5.82 Å². The third-order valence-electron chi connectivity index (χ3n) is 2.17. The quantitative estimate of drug-likeness (QED) is 0.814. The molecule has 78 valence electrons. The van der Waals surface area contributed by atoms with Gasteiger partial charge in [-0.1, -0.05) is 19.0 Å². The molecule has 2 N–H and O–H groups in total. The van der Waals surface area contributed by atoms with Crippen LogP contribution >= 0.6 is 0 Å². The highest BCUT2D eigenvalue weighted by molar-refractivity contribution is 5.61. The molecule has 0 aromatic carbocycles. The first-order chi connectivity index (χ1) is 7.16. The van der Waals surface area contributed by atoms with Crippen LogP contribution in [-0.2, 0) is 0 Å². The lowest BCUT2D eigenvalue weighted by Crippen LogP contribution is -1.89. The summed E-state index contributed by atoms with van der Waals surface area (Å²) >= 11 is 0. The lowest BCUT2D eigenvalue weighted by molar-refractivity contribution is 0.373. The summed E-state index contributed by atoms with van der Waals surface area (Å²) in [6.07, 6.45) is 1.66. The van der Waals surface area contributed by atoms with Gasteiger partial charge in [0.15, 0.2) is 0 Å². The first-order valence-corrected chi connectivity index (χ1v) is 4.85. The molecule has 2 aromatic heterocycles. The molecular weight excluding hydrogens is 190 g/mol. The predicted octanol–water partition coefficient (Wildman–Crippen LogP) is 2.44. The van der Waals surface area contributed by atoms with Gasteiger partial charge in [-0.15, -0.1) is 0 Å². The Labute approximate surface area is 88.1 Å². The third kappa shape index (κ3) is 1.98. The van der Waals surface area contributed by atoms with E-state index < -0.39 is 0 Å². The zero-order chi connectivity index (χ0) is 10.8. The molecule has 4 nitrogen and oxygen atoms in total. The molecule has 0 bridgehead atoms. The zero-order valence-electron chi connectivity index (χ0n) is 8.77. The second-order valence-electron chi connectivity index (χ2n) is 3.74.